The van der Waals surface area contributed by atoms with Crippen LogP contribution in [0.1, 0.15) is 31.2 Å². The predicted molar refractivity (Wildman–Crippen MR) is 83.8 cm³/mol. The number of nitrogens with zero attached hydrogens (tertiary/aromatic N) is 2. The van der Waals surface area contributed by atoms with Crippen LogP contribution in [-0.2, 0) is 0 Å². The van der Waals surface area contributed by atoms with Gasteiger partial charge in [-0.15, -0.1) is 0 Å². The zero-order valence-corrected chi connectivity index (χ0v) is 12.5. The minimum Gasteiger partial charge on any atom is -0.366 e. The van der Waals surface area contributed by atoms with Crippen molar-refractivity contribution < 1.29 is 4.92 Å². The van der Waals surface area contributed by atoms with Crippen molar-refractivity contribution in [2.24, 2.45) is 5.92 Å². The van der Waals surface area contributed by atoms with Crippen LogP contribution in [0.2, 0.25) is 0 Å². The summed E-state index contributed by atoms with van der Waals surface area (Å²) in [4.78, 5) is 13.2. The maximum atomic E-state index is 11.3. The third-order valence-corrected chi connectivity index (χ3v) is 4.94. The van der Waals surface area contributed by atoms with Crippen LogP contribution in [0.25, 0.3) is 0 Å². The molecule has 0 aliphatic carbocycles. The number of benzene rings is 1. The average Bonchev–Trinajstić information content (AvgIpc) is 3.01. The third-order valence-electron chi connectivity index (χ3n) is 4.94. The van der Waals surface area contributed by atoms with E-state index in [1.807, 2.05) is 13.0 Å². The van der Waals surface area contributed by atoms with E-state index in [0.717, 1.165) is 49.6 Å². The minimum absolute atomic E-state index is 0.243. The SMILES string of the molecule is Cc1cccc([N+](=O)[O-])c1N1CCC(C2CCCN2)CC1. The van der Waals surface area contributed by atoms with Gasteiger partial charge in [0.25, 0.3) is 5.69 Å². The van der Waals surface area contributed by atoms with E-state index >= 15 is 0 Å². The summed E-state index contributed by atoms with van der Waals surface area (Å²) in [6, 6.07) is 6.02. The van der Waals surface area contributed by atoms with Gasteiger partial charge in [-0.1, -0.05) is 12.1 Å². The molecule has 3 rings (SSSR count). The summed E-state index contributed by atoms with van der Waals surface area (Å²) < 4.78 is 0. The lowest BCUT2D eigenvalue weighted by Gasteiger charge is -2.36. The molecule has 5 heteroatoms. The Labute approximate surface area is 125 Å². The van der Waals surface area contributed by atoms with Crippen molar-refractivity contribution in [2.75, 3.05) is 24.5 Å². The van der Waals surface area contributed by atoms with E-state index in [4.69, 9.17) is 0 Å². The molecule has 1 N–H and O–H groups in total. The fourth-order valence-corrected chi connectivity index (χ4v) is 3.84. The lowest BCUT2D eigenvalue weighted by molar-refractivity contribution is -0.384. The summed E-state index contributed by atoms with van der Waals surface area (Å²) in [6.07, 6.45) is 4.83. The predicted octanol–water partition coefficient (Wildman–Crippen LogP) is 2.87. The van der Waals surface area contributed by atoms with Crippen molar-refractivity contribution in [3.63, 3.8) is 0 Å². The van der Waals surface area contributed by atoms with E-state index in [1.165, 1.54) is 12.8 Å². The van der Waals surface area contributed by atoms with Crippen LogP contribution in [-0.4, -0.2) is 30.6 Å². The van der Waals surface area contributed by atoms with Gasteiger partial charge in [0.2, 0.25) is 0 Å². The van der Waals surface area contributed by atoms with Crippen molar-refractivity contribution in [1.82, 2.24) is 5.32 Å². The molecule has 5 nitrogen and oxygen atoms in total. The first-order valence-electron chi connectivity index (χ1n) is 7.89. The van der Waals surface area contributed by atoms with Crippen LogP contribution in [0.3, 0.4) is 0 Å². The summed E-state index contributed by atoms with van der Waals surface area (Å²) in [7, 11) is 0. The molecule has 1 atom stereocenters. The Bertz CT molecular complexity index is 518. The maximum Gasteiger partial charge on any atom is 0.292 e. The maximum absolute atomic E-state index is 11.3. The molecule has 2 fully saturated rings. The molecule has 0 spiro atoms. The summed E-state index contributed by atoms with van der Waals surface area (Å²) in [6.45, 7) is 4.96. The molecular weight excluding hydrogens is 266 g/mol. The van der Waals surface area contributed by atoms with E-state index in [0.29, 0.717) is 6.04 Å². The Hall–Kier alpha value is -1.62. The number of nitro groups is 1. The monoisotopic (exact) mass is 289 g/mol. The number of nitrogens with one attached hydrogen (secondary N) is 1. The molecule has 0 bridgehead atoms. The largest absolute Gasteiger partial charge is 0.366 e. The fraction of sp³-hybridized carbons (Fsp3) is 0.625. The summed E-state index contributed by atoms with van der Waals surface area (Å²) in [5, 5.41) is 14.9. The highest BCUT2D eigenvalue weighted by Gasteiger charge is 2.30. The van der Waals surface area contributed by atoms with Crippen LogP contribution in [0.15, 0.2) is 18.2 Å². The van der Waals surface area contributed by atoms with Crippen LogP contribution in [0, 0.1) is 23.0 Å². The normalized spacial score (nSPS) is 23.5. The Morgan fingerprint density at radius 3 is 2.67 bits per heavy atom. The minimum atomic E-state index is -0.257. The van der Waals surface area contributed by atoms with Gasteiger partial charge >= 0.3 is 0 Å². The number of hydrogen-bond donors (Lipinski definition) is 1. The third kappa shape index (κ3) is 2.88. The molecule has 21 heavy (non-hydrogen) atoms. The van der Waals surface area contributed by atoms with E-state index < -0.39 is 0 Å². The van der Waals surface area contributed by atoms with Crippen molar-refractivity contribution in [2.45, 2.75) is 38.6 Å². The second kappa shape index (κ2) is 6.02. The summed E-state index contributed by atoms with van der Waals surface area (Å²) in [5.74, 6) is 0.729. The number of para-hydroxylation sites is 1. The second-order valence-electron chi connectivity index (χ2n) is 6.23. The Kier molecular flexibility index (Phi) is 4.10. The van der Waals surface area contributed by atoms with Crippen LogP contribution in [0.5, 0.6) is 0 Å². The standard InChI is InChI=1S/C16H23N3O2/c1-12-4-2-6-15(19(20)21)16(12)18-10-7-13(8-11-18)14-5-3-9-17-14/h2,4,6,13-14,17H,3,5,7-11H2,1H3. The molecule has 0 amide bonds. The molecule has 1 aromatic rings. The molecule has 1 unspecified atom stereocenters. The van der Waals surface area contributed by atoms with E-state index in [-0.39, 0.29) is 10.6 Å². The molecular formula is C16H23N3O2. The van der Waals surface area contributed by atoms with Crippen molar-refractivity contribution in [1.29, 1.82) is 0 Å². The lowest BCUT2D eigenvalue weighted by Crippen LogP contribution is -2.41. The van der Waals surface area contributed by atoms with E-state index in [9.17, 15) is 10.1 Å². The highest BCUT2D eigenvalue weighted by molar-refractivity contribution is 5.67. The first-order valence-corrected chi connectivity index (χ1v) is 7.89. The molecule has 114 valence electrons. The van der Waals surface area contributed by atoms with Crippen molar-refractivity contribution in [3.05, 3.63) is 33.9 Å². The first kappa shape index (κ1) is 14.3. The van der Waals surface area contributed by atoms with E-state index in [1.54, 1.807) is 12.1 Å². The van der Waals surface area contributed by atoms with Gasteiger partial charge in [-0.2, -0.15) is 0 Å². The lowest BCUT2D eigenvalue weighted by atomic mass is 9.88. The Balaban J connectivity index is 1.73. The first-order chi connectivity index (χ1) is 10.2. The number of hydrogen-bond acceptors (Lipinski definition) is 4. The van der Waals surface area contributed by atoms with Gasteiger partial charge in [0, 0.05) is 25.2 Å². The van der Waals surface area contributed by atoms with Crippen molar-refractivity contribution >= 4 is 11.4 Å². The Morgan fingerprint density at radius 2 is 2.05 bits per heavy atom. The van der Waals surface area contributed by atoms with Crippen LogP contribution in [0.4, 0.5) is 11.4 Å². The quantitative estimate of drug-likeness (QED) is 0.686. The average molecular weight is 289 g/mol. The van der Waals surface area contributed by atoms with Gasteiger partial charge in [0.1, 0.15) is 5.69 Å². The van der Waals surface area contributed by atoms with Gasteiger partial charge < -0.3 is 10.2 Å². The van der Waals surface area contributed by atoms with Gasteiger partial charge in [-0.25, -0.2) is 0 Å². The molecule has 0 radical (unpaired) electrons. The number of anilines is 1. The topological polar surface area (TPSA) is 58.4 Å². The number of nitro benzene ring substituents is 1. The number of aryl methyl sites for hydroxylation is 1. The zero-order chi connectivity index (χ0) is 14.8. The molecule has 2 saturated heterocycles. The fourth-order valence-electron chi connectivity index (χ4n) is 3.84. The molecule has 2 aliphatic heterocycles. The molecule has 2 aliphatic rings. The van der Waals surface area contributed by atoms with Crippen molar-refractivity contribution in [3.8, 4) is 0 Å². The molecule has 0 saturated carbocycles. The summed E-state index contributed by atoms with van der Waals surface area (Å²) in [5.41, 5.74) is 2.06. The van der Waals surface area contributed by atoms with Gasteiger partial charge in [0.05, 0.1) is 4.92 Å². The summed E-state index contributed by atoms with van der Waals surface area (Å²) >= 11 is 0. The zero-order valence-electron chi connectivity index (χ0n) is 12.5. The molecule has 2 heterocycles. The van der Waals surface area contributed by atoms with Crippen LogP contribution < -0.4 is 10.2 Å². The highest BCUT2D eigenvalue weighted by Crippen LogP contribution is 2.35. The van der Waals surface area contributed by atoms with E-state index in [2.05, 4.69) is 10.2 Å². The highest BCUT2D eigenvalue weighted by atomic mass is 16.6. The Morgan fingerprint density at radius 1 is 1.29 bits per heavy atom. The van der Waals surface area contributed by atoms with Gasteiger partial charge in [0.15, 0.2) is 0 Å². The second-order valence-corrected chi connectivity index (χ2v) is 6.23. The molecule has 0 aromatic heterocycles. The number of piperidine rings is 1. The smallest absolute Gasteiger partial charge is 0.292 e. The number of rotatable bonds is 3. The van der Waals surface area contributed by atoms with Crippen LogP contribution >= 0.6 is 0 Å². The van der Waals surface area contributed by atoms with Gasteiger partial charge in [-0.3, -0.25) is 10.1 Å². The molecule has 1 aromatic carbocycles. The van der Waals surface area contributed by atoms with Gasteiger partial charge in [-0.05, 0) is 50.6 Å².